The highest BCUT2D eigenvalue weighted by atomic mass is 16.5. The molecular formula is C37H50N8O3. The summed E-state index contributed by atoms with van der Waals surface area (Å²) < 4.78 is 22.0. The lowest BCUT2D eigenvalue weighted by atomic mass is 9.90. The van der Waals surface area contributed by atoms with Crippen molar-refractivity contribution in [2.75, 3.05) is 50.2 Å². The molecule has 4 fully saturated rings. The zero-order valence-electron chi connectivity index (χ0n) is 28.0. The number of hydrogen-bond donors (Lipinski definition) is 2. The first-order valence-electron chi connectivity index (χ1n) is 18.3. The summed E-state index contributed by atoms with van der Waals surface area (Å²) in [5, 5.41) is 12.1. The van der Waals surface area contributed by atoms with Crippen molar-refractivity contribution in [2.24, 2.45) is 0 Å². The first-order chi connectivity index (χ1) is 23.7. The lowest BCUT2D eigenvalue weighted by molar-refractivity contribution is 0.00790. The number of morpholine rings is 1. The van der Waals surface area contributed by atoms with Crippen molar-refractivity contribution in [3.63, 3.8) is 0 Å². The predicted octanol–water partition coefficient (Wildman–Crippen LogP) is 6.48. The summed E-state index contributed by atoms with van der Waals surface area (Å²) in [6.07, 6.45) is 17.4. The van der Waals surface area contributed by atoms with E-state index < -0.39 is 0 Å². The van der Waals surface area contributed by atoms with Crippen molar-refractivity contribution in [2.45, 2.75) is 101 Å². The number of ether oxygens (including phenoxy) is 3. The van der Waals surface area contributed by atoms with Crippen LogP contribution >= 0.6 is 0 Å². The number of hydrogen-bond acceptors (Lipinski definition) is 9. The molecule has 5 heterocycles. The molecule has 0 amide bonds. The van der Waals surface area contributed by atoms with Crippen molar-refractivity contribution < 1.29 is 14.2 Å². The van der Waals surface area contributed by atoms with Crippen LogP contribution in [0, 0.1) is 0 Å². The van der Waals surface area contributed by atoms with Gasteiger partial charge in [0.1, 0.15) is 5.52 Å². The van der Waals surface area contributed by atoms with Gasteiger partial charge in [0, 0.05) is 56.8 Å². The average molecular weight is 655 g/mol. The van der Waals surface area contributed by atoms with Gasteiger partial charge < -0.3 is 29.4 Å². The normalized spacial score (nSPS) is 26.1. The molecule has 0 bridgehead atoms. The molecule has 1 aromatic carbocycles. The largest absolute Gasteiger partial charge is 0.381 e. The standard InChI is InChI=1S/C37H50N8O3/c1-2-4-27(5-3-1)26-48-33-12-10-31(11-13-33)44-17-14-34-35(44)36(39-28-6-8-30(9-7-28)43-18-22-47-23-19-43)42-37(41-34)40-29-24-38-45(25-29)32-15-20-46-21-16-32/h1-5,14,17,24-25,28,30-33H,6-13,15-16,18-23,26H2,(H2,39,40,41,42)/t28-,30-,31?,33?. The molecule has 2 N–H and O–H groups in total. The number of benzene rings is 1. The lowest BCUT2D eigenvalue weighted by Crippen LogP contribution is -2.46. The Balaban J connectivity index is 0.989. The van der Waals surface area contributed by atoms with Gasteiger partial charge in [-0.3, -0.25) is 9.58 Å². The Bertz CT molecular complexity index is 1600. The van der Waals surface area contributed by atoms with Gasteiger partial charge >= 0.3 is 0 Å². The van der Waals surface area contributed by atoms with Crippen LogP contribution in [0.5, 0.6) is 0 Å². The smallest absolute Gasteiger partial charge is 0.229 e. The summed E-state index contributed by atoms with van der Waals surface area (Å²) in [6, 6.07) is 14.5. The summed E-state index contributed by atoms with van der Waals surface area (Å²) in [6.45, 7) is 6.09. The van der Waals surface area contributed by atoms with E-state index in [4.69, 9.17) is 24.2 Å². The summed E-state index contributed by atoms with van der Waals surface area (Å²) in [5.74, 6) is 1.54. The molecule has 8 rings (SSSR count). The zero-order valence-corrected chi connectivity index (χ0v) is 28.0. The first-order valence-corrected chi connectivity index (χ1v) is 18.3. The summed E-state index contributed by atoms with van der Waals surface area (Å²) in [4.78, 5) is 12.8. The molecule has 48 heavy (non-hydrogen) atoms. The second-order valence-electron chi connectivity index (χ2n) is 14.1. The molecule has 2 saturated heterocycles. The van der Waals surface area contributed by atoms with Crippen LogP contribution in [-0.2, 0) is 20.8 Å². The van der Waals surface area contributed by atoms with Crippen LogP contribution in [-0.4, -0.2) is 86.9 Å². The molecule has 2 saturated carbocycles. The number of aromatic nitrogens is 5. The van der Waals surface area contributed by atoms with Crippen molar-refractivity contribution in [3.05, 3.63) is 60.6 Å². The number of fused-ring (bicyclic) bond motifs is 1. The van der Waals surface area contributed by atoms with Crippen molar-refractivity contribution in [1.29, 1.82) is 0 Å². The van der Waals surface area contributed by atoms with Gasteiger partial charge in [-0.15, -0.1) is 0 Å². The minimum absolute atomic E-state index is 0.302. The topological polar surface area (TPSA) is 104 Å². The van der Waals surface area contributed by atoms with E-state index in [0.29, 0.717) is 42.8 Å². The molecule has 2 aliphatic carbocycles. The fraction of sp³-hybridized carbons (Fsp3) is 0.595. The van der Waals surface area contributed by atoms with E-state index in [1.54, 1.807) is 0 Å². The van der Waals surface area contributed by atoms with Gasteiger partial charge in [0.15, 0.2) is 5.82 Å². The van der Waals surface area contributed by atoms with Crippen LogP contribution in [0.3, 0.4) is 0 Å². The van der Waals surface area contributed by atoms with Gasteiger partial charge in [0.05, 0.1) is 49.4 Å². The second-order valence-corrected chi connectivity index (χ2v) is 14.1. The SMILES string of the molecule is c1ccc(COC2CCC(n3ccc4nc(Nc5cnn(C6CCOCC6)c5)nc(N[C@H]5CC[C@H](N6CCOCC6)CC5)c43)CC2)cc1. The fourth-order valence-corrected chi connectivity index (χ4v) is 8.21. The van der Waals surface area contributed by atoms with E-state index in [9.17, 15) is 0 Å². The lowest BCUT2D eigenvalue weighted by Gasteiger charge is -2.39. The first kappa shape index (κ1) is 31.7. The van der Waals surface area contributed by atoms with Gasteiger partial charge in [0.25, 0.3) is 0 Å². The van der Waals surface area contributed by atoms with Crippen molar-refractivity contribution in [1.82, 2.24) is 29.2 Å². The Kier molecular flexibility index (Phi) is 9.88. The third-order valence-electron chi connectivity index (χ3n) is 11.0. The highest BCUT2D eigenvalue weighted by Gasteiger charge is 2.29. The zero-order chi connectivity index (χ0) is 32.1. The Morgan fingerprint density at radius 1 is 0.771 bits per heavy atom. The van der Waals surface area contributed by atoms with E-state index in [1.807, 2.05) is 6.20 Å². The van der Waals surface area contributed by atoms with E-state index in [-0.39, 0.29) is 0 Å². The van der Waals surface area contributed by atoms with Crippen LogP contribution in [0.4, 0.5) is 17.5 Å². The van der Waals surface area contributed by atoms with Crippen LogP contribution in [0.2, 0.25) is 0 Å². The van der Waals surface area contributed by atoms with Gasteiger partial charge in [-0.2, -0.15) is 10.1 Å². The molecule has 11 heteroatoms. The summed E-state index contributed by atoms with van der Waals surface area (Å²) in [7, 11) is 0. The van der Waals surface area contributed by atoms with Crippen molar-refractivity contribution in [3.8, 4) is 0 Å². The van der Waals surface area contributed by atoms with Crippen LogP contribution in [0.15, 0.2) is 55.0 Å². The molecule has 3 aromatic heterocycles. The molecule has 0 radical (unpaired) electrons. The minimum atomic E-state index is 0.302. The maximum atomic E-state index is 6.33. The Morgan fingerprint density at radius 3 is 2.31 bits per heavy atom. The van der Waals surface area contributed by atoms with Gasteiger partial charge in [-0.25, -0.2) is 4.98 Å². The molecular weight excluding hydrogens is 604 g/mol. The predicted molar refractivity (Wildman–Crippen MR) is 187 cm³/mol. The molecule has 2 aliphatic heterocycles. The van der Waals surface area contributed by atoms with E-state index in [2.05, 4.69) is 78.7 Å². The Labute approximate surface area is 283 Å². The van der Waals surface area contributed by atoms with Gasteiger partial charge in [-0.05, 0) is 75.8 Å². The number of anilines is 3. The third kappa shape index (κ3) is 7.39. The molecule has 256 valence electrons. The van der Waals surface area contributed by atoms with Crippen LogP contribution in [0.25, 0.3) is 11.0 Å². The minimum Gasteiger partial charge on any atom is -0.381 e. The van der Waals surface area contributed by atoms with E-state index in [0.717, 1.165) is 113 Å². The molecule has 11 nitrogen and oxygen atoms in total. The summed E-state index contributed by atoms with van der Waals surface area (Å²) in [5.41, 5.74) is 4.23. The van der Waals surface area contributed by atoms with Crippen LogP contribution < -0.4 is 10.6 Å². The number of nitrogens with zero attached hydrogens (tertiary/aromatic N) is 6. The Hall–Kier alpha value is -3.51. The molecule has 4 aliphatic rings. The fourth-order valence-electron chi connectivity index (χ4n) is 8.21. The summed E-state index contributed by atoms with van der Waals surface area (Å²) >= 11 is 0. The highest BCUT2D eigenvalue weighted by molar-refractivity contribution is 5.88. The molecule has 0 unspecified atom stereocenters. The molecule has 0 spiro atoms. The quantitative estimate of drug-likeness (QED) is 0.199. The number of nitrogens with one attached hydrogen (secondary N) is 2. The van der Waals surface area contributed by atoms with Crippen LogP contribution in [0.1, 0.15) is 81.9 Å². The highest BCUT2D eigenvalue weighted by Crippen LogP contribution is 2.37. The second kappa shape index (κ2) is 14.9. The monoisotopic (exact) mass is 654 g/mol. The Morgan fingerprint density at radius 2 is 1.52 bits per heavy atom. The average Bonchev–Trinajstić information content (AvgIpc) is 3.80. The maximum Gasteiger partial charge on any atom is 0.229 e. The van der Waals surface area contributed by atoms with E-state index >= 15 is 0 Å². The van der Waals surface area contributed by atoms with E-state index in [1.165, 1.54) is 18.4 Å². The molecule has 4 aromatic rings. The third-order valence-corrected chi connectivity index (χ3v) is 11.0. The van der Waals surface area contributed by atoms with Gasteiger partial charge in [-0.1, -0.05) is 30.3 Å². The molecule has 0 atom stereocenters. The van der Waals surface area contributed by atoms with Crippen molar-refractivity contribution >= 4 is 28.5 Å². The maximum absolute atomic E-state index is 6.33. The number of rotatable bonds is 10. The van der Waals surface area contributed by atoms with Gasteiger partial charge in [0.2, 0.25) is 5.95 Å².